The molecule has 4 heteroatoms. The van der Waals surface area contributed by atoms with Gasteiger partial charge in [-0.2, -0.15) is 0 Å². The van der Waals surface area contributed by atoms with Crippen LogP contribution < -0.4 is 11.1 Å². The third kappa shape index (κ3) is 3.25. The van der Waals surface area contributed by atoms with Crippen LogP contribution in [0.5, 0.6) is 5.75 Å². The maximum atomic E-state index is 11.6. The lowest BCUT2D eigenvalue weighted by Gasteiger charge is -2.17. The van der Waals surface area contributed by atoms with E-state index in [-0.39, 0.29) is 5.75 Å². The first-order chi connectivity index (χ1) is 9.06. The van der Waals surface area contributed by atoms with Crippen molar-refractivity contribution < 1.29 is 9.90 Å². The molecule has 2 aromatic rings. The number of carbonyl (C=O) groups is 1. The second-order valence-electron chi connectivity index (χ2n) is 4.44. The third-order valence-electron chi connectivity index (χ3n) is 2.84. The standard InChI is InChI=1S/C15H16N2O2/c1-10-3-2-4-12(9-10)17-14(15(16)19)11-5-7-13(18)8-6-11/h2-9,14,17-18H,1H3,(H2,16,19). The lowest BCUT2D eigenvalue weighted by atomic mass is 10.1. The van der Waals surface area contributed by atoms with Crippen LogP contribution >= 0.6 is 0 Å². The van der Waals surface area contributed by atoms with Gasteiger partial charge in [-0.05, 0) is 42.3 Å². The van der Waals surface area contributed by atoms with Crippen molar-refractivity contribution >= 4 is 11.6 Å². The highest BCUT2D eigenvalue weighted by Crippen LogP contribution is 2.22. The van der Waals surface area contributed by atoms with E-state index < -0.39 is 11.9 Å². The average molecular weight is 256 g/mol. The van der Waals surface area contributed by atoms with Crippen molar-refractivity contribution in [3.05, 3.63) is 59.7 Å². The molecule has 0 spiro atoms. The number of rotatable bonds is 4. The van der Waals surface area contributed by atoms with E-state index >= 15 is 0 Å². The van der Waals surface area contributed by atoms with Crippen LogP contribution in [-0.4, -0.2) is 11.0 Å². The zero-order valence-electron chi connectivity index (χ0n) is 10.6. The van der Waals surface area contributed by atoms with E-state index in [4.69, 9.17) is 5.73 Å². The van der Waals surface area contributed by atoms with E-state index in [1.807, 2.05) is 31.2 Å². The number of phenolic OH excluding ortho intramolecular Hbond substituents is 1. The van der Waals surface area contributed by atoms with Crippen LogP contribution in [0, 0.1) is 6.92 Å². The summed E-state index contributed by atoms with van der Waals surface area (Å²) in [4.78, 5) is 11.6. The Morgan fingerprint density at radius 2 is 1.89 bits per heavy atom. The van der Waals surface area contributed by atoms with Crippen LogP contribution in [0.2, 0.25) is 0 Å². The average Bonchev–Trinajstić information content (AvgIpc) is 2.37. The van der Waals surface area contributed by atoms with Crippen molar-refractivity contribution in [3.8, 4) is 5.75 Å². The van der Waals surface area contributed by atoms with Gasteiger partial charge in [-0.25, -0.2) is 0 Å². The SMILES string of the molecule is Cc1cccc(NC(C(N)=O)c2ccc(O)cc2)c1. The molecular weight excluding hydrogens is 240 g/mol. The molecule has 0 bridgehead atoms. The molecule has 0 aliphatic rings. The molecule has 19 heavy (non-hydrogen) atoms. The summed E-state index contributed by atoms with van der Waals surface area (Å²) in [7, 11) is 0. The quantitative estimate of drug-likeness (QED) is 0.786. The van der Waals surface area contributed by atoms with Gasteiger partial charge in [0.1, 0.15) is 11.8 Å². The molecule has 4 N–H and O–H groups in total. The molecule has 0 aromatic heterocycles. The Labute approximate surface area is 111 Å². The molecule has 0 fully saturated rings. The number of aryl methyl sites for hydroxylation is 1. The lowest BCUT2D eigenvalue weighted by Crippen LogP contribution is -2.27. The van der Waals surface area contributed by atoms with E-state index in [1.54, 1.807) is 12.1 Å². The second kappa shape index (κ2) is 5.44. The Hall–Kier alpha value is -2.49. The molecule has 2 aromatic carbocycles. The number of hydrogen-bond acceptors (Lipinski definition) is 3. The maximum absolute atomic E-state index is 11.6. The summed E-state index contributed by atoms with van der Waals surface area (Å²) in [6.07, 6.45) is 0. The molecule has 1 atom stereocenters. The van der Waals surface area contributed by atoms with Crippen molar-refractivity contribution in [3.63, 3.8) is 0 Å². The topological polar surface area (TPSA) is 75.3 Å². The van der Waals surface area contributed by atoms with Crippen LogP contribution in [0.15, 0.2) is 48.5 Å². The number of phenols is 1. The van der Waals surface area contributed by atoms with Gasteiger partial charge in [0.2, 0.25) is 5.91 Å². The second-order valence-corrected chi connectivity index (χ2v) is 4.44. The molecule has 98 valence electrons. The molecule has 4 nitrogen and oxygen atoms in total. The number of hydrogen-bond donors (Lipinski definition) is 3. The fourth-order valence-electron chi connectivity index (χ4n) is 1.89. The normalized spacial score (nSPS) is 11.8. The van der Waals surface area contributed by atoms with Crippen LogP contribution in [0.25, 0.3) is 0 Å². The summed E-state index contributed by atoms with van der Waals surface area (Å²) in [6, 6.07) is 13.5. The van der Waals surface area contributed by atoms with E-state index in [2.05, 4.69) is 5.32 Å². The number of amides is 1. The number of carbonyl (C=O) groups excluding carboxylic acids is 1. The van der Waals surface area contributed by atoms with E-state index in [9.17, 15) is 9.90 Å². The predicted molar refractivity (Wildman–Crippen MR) is 74.8 cm³/mol. The first kappa shape index (κ1) is 13.0. The largest absolute Gasteiger partial charge is 0.508 e. The predicted octanol–water partition coefficient (Wildman–Crippen LogP) is 2.34. The lowest BCUT2D eigenvalue weighted by molar-refractivity contribution is -0.118. The summed E-state index contributed by atoms with van der Waals surface area (Å²) in [5, 5.41) is 12.4. The summed E-state index contributed by atoms with van der Waals surface area (Å²) < 4.78 is 0. The van der Waals surface area contributed by atoms with Gasteiger partial charge >= 0.3 is 0 Å². The summed E-state index contributed by atoms with van der Waals surface area (Å²) >= 11 is 0. The minimum Gasteiger partial charge on any atom is -0.508 e. The monoisotopic (exact) mass is 256 g/mol. The van der Waals surface area contributed by atoms with Crippen LogP contribution in [0.3, 0.4) is 0 Å². The fraction of sp³-hybridized carbons (Fsp3) is 0.133. The van der Waals surface area contributed by atoms with Gasteiger partial charge in [0, 0.05) is 5.69 Å². The van der Waals surface area contributed by atoms with Crippen molar-refractivity contribution in [1.82, 2.24) is 0 Å². The Kier molecular flexibility index (Phi) is 3.71. The zero-order chi connectivity index (χ0) is 13.8. The highest BCUT2D eigenvalue weighted by molar-refractivity contribution is 5.84. The minimum atomic E-state index is -0.623. The van der Waals surface area contributed by atoms with Crippen molar-refractivity contribution in [2.45, 2.75) is 13.0 Å². The van der Waals surface area contributed by atoms with Gasteiger partial charge < -0.3 is 16.2 Å². The number of nitrogens with one attached hydrogen (secondary N) is 1. The molecule has 0 saturated heterocycles. The van der Waals surface area contributed by atoms with Gasteiger partial charge in [-0.15, -0.1) is 0 Å². The van der Waals surface area contributed by atoms with Gasteiger partial charge in [0.25, 0.3) is 0 Å². The molecule has 0 aliphatic carbocycles. The number of aromatic hydroxyl groups is 1. The van der Waals surface area contributed by atoms with Crippen molar-refractivity contribution in [2.75, 3.05) is 5.32 Å². The summed E-state index contributed by atoms with van der Waals surface area (Å²) in [6.45, 7) is 1.98. The Morgan fingerprint density at radius 3 is 2.47 bits per heavy atom. The molecule has 0 saturated carbocycles. The molecule has 0 aliphatic heterocycles. The van der Waals surface area contributed by atoms with Crippen molar-refractivity contribution in [2.24, 2.45) is 5.73 Å². The molecular formula is C15H16N2O2. The number of primary amides is 1. The number of nitrogens with two attached hydrogens (primary N) is 1. The minimum absolute atomic E-state index is 0.155. The summed E-state index contributed by atoms with van der Waals surface area (Å²) in [5.74, 6) is -0.310. The van der Waals surface area contributed by atoms with Gasteiger partial charge in [0.05, 0.1) is 0 Å². The molecule has 0 heterocycles. The van der Waals surface area contributed by atoms with E-state index in [0.29, 0.717) is 5.56 Å². The van der Waals surface area contributed by atoms with E-state index in [1.165, 1.54) is 12.1 Å². The molecule has 2 rings (SSSR count). The smallest absolute Gasteiger partial charge is 0.244 e. The van der Waals surface area contributed by atoms with Gasteiger partial charge in [-0.3, -0.25) is 4.79 Å². The van der Waals surface area contributed by atoms with Crippen LogP contribution in [0.4, 0.5) is 5.69 Å². The number of benzene rings is 2. The van der Waals surface area contributed by atoms with E-state index in [0.717, 1.165) is 11.3 Å². The first-order valence-corrected chi connectivity index (χ1v) is 5.98. The molecule has 1 unspecified atom stereocenters. The van der Waals surface area contributed by atoms with Crippen LogP contribution in [-0.2, 0) is 4.79 Å². The van der Waals surface area contributed by atoms with Gasteiger partial charge in [-0.1, -0.05) is 24.3 Å². The molecule has 0 radical (unpaired) electrons. The molecule has 1 amide bonds. The summed E-state index contributed by atoms with van der Waals surface area (Å²) in [5.41, 5.74) is 8.07. The van der Waals surface area contributed by atoms with Gasteiger partial charge in [0.15, 0.2) is 0 Å². The fourth-order valence-corrected chi connectivity index (χ4v) is 1.89. The third-order valence-corrected chi connectivity index (χ3v) is 2.84. The first-order valence-electron chi connectivity index (χ1n) is 5.98. The Balaban J connectivity index is 2.26. The zero-order valence-corrected chi connectivity index (χ0v) is 10.6. The maximum Gasteiger partial charge on any atom is 0.244 e. The Morgan fingerprint density at radius 1 is 1.21 bits per heavy atom. The Bertz CT molecular complexity index is 579. The van der Waals surface area contributed by atoms with Crippen molar-refractivity contribution in [1.29, 1.82) is 0 Å². The highest BCUT2D eigenvalue weighted by atomic mass is 16.3. The van der Waals surface area contributed by atoms with Crippen LogP contribution in [0.1, 0.15) is 17.2 Å². The number of anilines is 1. The highest BCUT2D eigenvalue weighted by Gasteiger charge is 2.17.